The molecule has 1 amide bonds. The van der Waals surface area contributed by atoms with Gasteiger partial charge in [-0.1, -0.05) is 18.2 Å². The Hall–Kier alpha value is -2.20. The number of ether oxygens (including phenoxy) is 1. The molecule has 1 heterocycles. The van der Waals surface area contributed by atoms with Gasteiger partial charge in [-0.25, -0.2) is 0 Å². The number of carbonyl (C=O) groups is 1. The minimum atomic E-state index is -0.211. The molecule has 0 saturated carbocycles. The van der Waals surface area contributed by atoms with Crippen molar-refractivity contribution in [2.45, 2.75) is 0 Å². The molecule has 92 valence electrons. The highest BCUT2D eigenvalue weighted by atomic mass is 35.5. The molecule has 0 fully saturated rings. The summed E-state index contributed by atoms with van der Waals surface area (Å²) in [5.41, 5.74) is 7.37. The van der Waals surface area contributed by atoms with Crippen molar-refractivity contribution in [3.8, 4) is 11.5 Å². The summed E-state index contributed by atoms with van der Waals surface area (Å²) >= 11 is 0. The molecule has 0 unspecified atom stereocenters. The molecular formula is C13H11ClN2O2. The normalized spacial score (nSPS) is 12.1. The second kappa shape index (κ2) is 4.58. The quantitative estimate of drug-likeness (QED) is 0.717. The number of nitrogens with one attached hydrogen (secondary N) is 1. The highest BCUT2D eigenvalue weighted by molar-refractivity contribution is 6.09. The molecular weight excluding hydrogens is 252 g/mol. The van der Waals surface area contributed by atoms with Crippen molar-refractivity contribution in [3.05, 3.63) is 48.0 Å². The monoisotopic (exact) mass is 262 g/mol. The Morgan fingerprint density at radius 3 is 2.67 bits per heavy atom. The SMILES string of the molecule is Cl.Nc1cccc2c1Oc1ccccc1NC2=O. The van der Waals surface area contributed by atoms with Crippen LogP contribution in [0.1, 0.15) is 10.4 Å². The van der Waals surface area contributed by atoms with Crippen molar-refractivity contribution in [3.63, 3.8) is 0 Å². The number of carbonyl (C=O) groups excluding carboxylic acids is 1. The number of benzene rings is 2. The number of anilines is 2. The molecule has 0 aromatic heterocycles. The zero-order valence-electron chi connectivity index (χ0n) is 9.34. The number of hydrogen-bond acceptors (Lipinski definition) is 3. The van der Waals surface area contributed by atoms with E-state index in [1.807, 2.05) is 12.1 Å². The third-order valence-electron chi connectivity index (χ3n) is 2.64. The summed E-state index contributed by atoms with van der Waals surface area (Å²) < 4.78 is 5.70. The zero-order valence-corrected chi connectivity index (χ0v) is 10.2. The molecule has 0 saturated heterocycles. The second-order valence-electron chi connectivity index (χ2n) is 3.78. The smallest absolute Gasteiger partial charge is 0.259 e. The van der Waals surface area contributed by atoms with Gasteiger partial charge in [-0.15, -0.1) is 12.4 Å². The summed E-state index contributed by atoms with van der Waals surface area (Å²) in [4.78, 5) is 12.0. The molecule has 18 heavy (non-hydrogen) atoms. The molecule has 2 aromatic carbocycles. The van der Waals surface area contributed by atoms with Gasteiger partial charge in [0.2, 0.25) is 0 Å². The molecule has 0 bridgehead atoms. The molecule has 0 spiro atoms. The molecule has 1 aliphatic heterocycles. The summed E-state index contributed by atoms with van der Waals surface area (Å²) in [6, 6.07) is 12.4. The Bertz CT molecular complexity index is 614. The Morgan fingerprint density at radius 1 is 1.06 bits per heavy atom. The fraction of sp³-hybridized carbons (Fsp3) is 0. The standard InChI is InChI=1S/C13H10N2O2.ClH/c14-9-5-3-4-8-12(9)17-11-7-2-1-6-10(11)15-13(8)16;/h1-7H,14H2,(H,15,16);1H. The van der Waals surface area contributed by atoms with Crippen molar-refractivity contribution >= 4 is 29.7 Å². The van der Waals surface area contributed by atoms with Crippen molar-refractivity contribution in [1.29, 1.82) is 0 Å². The van der Waals surface area contributed by atoms with E-state index in [2.05, 4.69) is 5.32 Å². The Labute approximate surface area is 110 Å². The third kappa shape index (κ3) is 1.87. The number of nitrogens with two attached hydrogens (primary N) is 1. The van der Waals surface area contributed by atoms with Gasteiger partial charge in [-0.3, -0.25) is 4.79 Å². The van der Waals surface area contributed by atoms with Gasteiger partial charge in [0.15, 0.2) is 11.5 Å². The summed E-state index contributed by atoms with van der Waals surface area (Å²) in [7, 11) is 0. The maximum atomic E-state index is 12.0. The molecule has 3 rings (SSSR count). The van der Waals surface area contributed by atoms with Crippen LogP contribution in [0.3, 0.4) is 0 Å². The van der Waals surface area contributed by atoms with Gasteiger partial charge in [-0.2, -0.15) is 0 Å². The number of nitrogen functional groups attached to an aromatic ring is 1. The second-order valence-corrected chi connectivity index (χ2v) is 3.78. The highest BCUT2D eigenvalue weighted by Crippen LogP contribution is 2.38. The molecule has 0 radical (unpaired) electrons. The lowest BCUT2D eigenvalue weighted by Gasteiger charge is -2.08. The van der Waals surface area contributed by atoms with Gasteiger partial charge in [0, 0.05) is 0 Å². The van der Waals surface area contributed by atoms with E-state index in [1.54, 1.807) is 30.3 Å². The van der Waals surface area contributed by atoms with E-state index in [0.717, 1.165) is 0 Å². The fourth-order valence-electron chi connectivity index (χ4n) is 1.81. The van der Waals surface area contributed by atoms with E-state index in [4.69, 9.17) is 10.5 Å². The fourth-order valence-corrected chi connectivity index (χ4v) is 1.81. The minimum absolute atomic E-state index is 0. The van der Waals surface area contributed by atoms with Crippen LogP contribution in [0, 0.1) is 0 Å². The Kier molecular flexibility index (Phi) is 3.12. The number of hydrogen-bond donors (Lipinski definition) is 2. The Morgan fingerprint density at radius 2 is 1.83 bits per heavy atom. The summed E-state index contributed by atoms with van der Waals surface area (Å²) in [6.07, 6.45) is 0. The molecule has 0 aliphatic carbocycles. The number of halogens is 1. The van der Waals surface area contributed by atoms with Crippen LogP contribution in [0.5, 0.6) is 11.5 Å². The summed E-state index contributed by atoms with van der Waals surface area (Å²) in [5, 5.41) is 2.79. The summed E-state index contributed by atoms with van der Waals surface area (Å²) in [5.74, 6) is 0.796. The Balaban J connectivity index is 0.00000120. The lowest BCUT2D eigenvalue weighted by molar-refractivity contribution is 0.102. The average Bonchev–Trinajstić information content (AvgIpc) is 2.47. The molecule has 5 heteroatoms. The van der Waals surface area contributed by atoms with Crippen LogP contribution in [0.25, 0.3) is 0 Å². The molecule has 2 aromatic rings. The van der Waals surface area contributed by atoms with Gasteiger partial charge in [-0.05, 0) is 24.3 Å². The van der Waals surface area contributed by atoms with Crippen LogP contribution in [0.4, 0.5) is 11.4 Å². The van der Waals surface area contributed by atoms with Crippen LogP contribution < -0.4 is 15.8 Å². The van der Waals surface area contributed by atoms with Crippen LogP contribution in [-0.4, -0.2) is 5.91 Å². The zero-order chi connectivity index (χ0) is 11.8. The van der Waals surface area contributed by atoms with Gasteiger partial charge in [0.05, 0.1) is 16.9 Å². The topological polar surface area (TPSA) is 64.3 Å². The summed E-state index contributed by atoms with van der Waals surface area (Å²) in [6.45, 7) is 0. The van der Waals surface area contributed by atoms with E-state index in [0.29, 0.717) is 28.4 Å². The van der Waals surface area contributed by atoms with Crippen LogP contribution in [0.15, 0.2) is 42.5 Å². The van der Waals surface area contributed by atoms with E-state index >= 15 is 0 Å². The lowest BCUT2D eigenvalue weighted by Crippen LogP contribution is -2.10. The van der Waals surface area contributed by atoms with Gasteiger partial charge >= 0.3 is 0 Å². The van der Waals surface area contributed by atoms with E-state index in [-0.39, 0.29) is 18.3 Å². The predicted octanol–water partition coefficient (Wildman–Crippen LogP) is 3.05. The average molecular weight is 263 g/mol. The highest BCUT2D eigenvalue weighted by Gasteiger charge is 2.21. The van der Waals surface area contributed by atoms with E-state index in [9.17, 15) is 4.79 Å². The first-order valence-corrected chi connectivity index (χ1v) is 5.22. The third-order valence-corrected chi connectivity index (χ3v) is 2.64. The minimum Gasteiger partial charge on any atom is -0.452 e. The number of fused-ring (bicyclic) bond motifs is 2. The van der Waals surface area contributed by atoms with Gasteiger partial charge in [0.25, 0.3) is 5.91 Å². The van der Waals surface area contributed by atoms with Crippen molar-refractivity contribution in [2.24, 2.45) is 0 Å². The maximum absolute atomic E-state index is 12.0. The molecule has 1 aliphatic rings. The maximum Gasteiger partial charge on any atom is 0.259 e. The lowest BCUT2D eigenvalue weighted by atomic mass is 10.1. The number of rotatable bonds is 0. The molecule has 4 nitrogen and oxygen atoms in total. The first-order chi connectivity index (χ1) is 8.25. The van der Waals surface area contributed by atoms with E-state index < -0.39 is 0 Å². The number of amides is 1. The van der Waals surface area contributed by atoms with Crippen molar-refractivity contribution < 1.29 is 9.53 Å². The van der Waals surface area contributed by atoms with Crippen molar-refractivity contribution in [2.75, 3.05) is 11.1 Å². The largest absolute Gasteiger partial charge is 0.452 e. The molecule has 3 N–H and O–H groups in total. The van der Waals surface area contributed by atoms with Crippen molar-refractivity contribution in [1.82, 2.24) is 0 Å². The first kappa shape index (κ1) is 12.3. The predicted molar refractivity (Wildman–Crippen MR) is 72.6 cm³/mol. The molecule has 0 atom stereocenters. The number of para-hydroxylation sites is 3. The first-order valence-electron chi connectivity index (χ1n) is 5.22. The van der Waals surface area contributed by atoms with Crippen LogP contribution in [0.2, 0.25) is 0 Å². The van der Waals surface area contributed by atoms with Gasteiger partial charge in [0.1, 0.15) is 0 Å². The van der Waals surface area contributed by atoms with Gasteiger partial charge < -0.3 is 15.8 Å². The van der Waals surface area contributed by atoms with Crippen LogP contribution >= 0.6 is 12.4 Å². The van der Waals surface area contributed by atoms with Crippen LogP contribution in [-0.2, 0) is 0 Å². The van der Waals surface area contributed by atoms with E-state index in [1.165, 1.54) is 0 Å².